The molecule has 1 aromatic rings. The highest BCUT2D eigenvalue weighted by molar-refractivity contribution is 5.05. The number of hydrogen-bond donors (Lipinski definition) is 1. The second kappa shape index (κ2) is 5.02. The van der Waals surface area contributed by atoms with E-state index >= 15 is 0 Å². The van der Waals surface area contributed by atoms with Crippen LogP contribution in [-0.4, -0.2) is 28.5 Å². The molecule has 2 heterocycles. The van der Waals surface area contributed by atoms with E-state index in [4.69, 9.17) is 4.74 Å². The van der Waals surface area contributed by atoms with Crippen LogP contribution < -0.4 is 5.32 Å². The summed E-state index contributed by atoms with van der Waals surface area (Å²) in [5, 5.41) is 8.02. The van der Waals surface area contributed by atoms with Crippen molar-refractivity contribution in [1.29, 1.82) is 0 Å². The zero-order valence-electron chi connectivity index (χ0n) is 11.3. The molecule has 0 spiro atoms. The summed E-state index contributed by atoms with van der Waals surface area (Å²) in [5.41, 5.74) is 1.27. The van der Waals surface area contributed by atoms with Gasteiger partial charge >= 0.3 is 0 Å². The standard InChI is InChI=1S/C14H23N3O/c1-10(2)17-9-11(8-16-17)7-15-13-5-6-18-14(13)12-3-4-12/h8-10,12-15H,3-7H2,1-2H3. The summed E-state index contributed by atoms with van der Waals surface area (Å²) in [4.78, 5) is 0. The third kappa shape index (κ3) is 2.59. The lowest BCUT2D eigenvalue weighted by Crippen LogP contribution is -2.37. The smallest absolute Gasteiger partial charge is 0.0757 e. The summed E-state index contributed by atoms with van der Waals surface area (Å²) >= 11 is 0. The van der Waals surface area contributed by atoms with Crippen molar-refractivity contribution in [3.05, 3.63) is 18.0 Å². The first-order valence-corrected chi connectivity index (χ1v) is 7.12. The highest BCUT2D eigenvalue weighted by Crippen LogP contribution is 2.38. The summed E-state index contributed by atoms with van der Waals surface area (Å²) in [7, 11) is 0. The maximum absolute atomic E-state index is 5.84. The minimum atomic E-state index is 0.438. The molecule has 2 fully saturated rings. The van der Waals surface area contributed by atoms with Gasteiger partial charge < -0.3 is 10.1 Å². The fourth-order valence-electron chi connectivity index (χ4n) is 2.72. The van der Waals surface area contributed by atoms with Gasteiger partial charge in [0, 0.05) is 37.0 Å². The zero-order valence-corrected chi connectivity index (χ0v) is 11.3. The summed E-state index contributed by atoms with van der Waals surface area (Å²) in [6.45, 7) is 6.13. The molecule has 100 valence electrons. The van der Waals surface area contributed by atoms with E-state index in [1.165, 1.54) is 18.4 Å². The second-order valence-corrected chi connectivity index (χ2v) is 5.87. The number of nitrogens with one attached hydrogen (secondary N) is 1. The van der Waals surface area contributed by atoms with Crippen LogP contribution in [0, 0.1) is 5.92 Å². The molecule has 1 aliphatic heterocycles. The van der Waals surface area contributed by atoms with E-state index in [1.807, 2.05) is 10.9 Å². The third-order valence-corrected chi connectivity index (χ3v) is 3.97. The summed E-state index contributed by atoms with van der Waals surface area (Å²) in [5.74, 6) is 0.823. The first kappa shape index (κ1) is 12.2. The highest BCUT2D eigenvalue weighted by atomic mass is 16.5. The van der Waals surface area contributed by atoms with E-state index < -0.39 is 0 Å². The molecule has 4 heteroatoms. The summed E-state index contributed by atoms with van der Waals surface area (Å²) in [6, 6.07) is 0.979. The first-order valence-electron chi connectivity index (χ1n) is 7.12. The molecule has 4 nitrogen and oxygen atoms in total. The molecule has 3 rings (SSSR count). The molecular formula is C14H23N3O. The molecular weight excluding hydrogens is 226 g/mol. The van der Waals surface area contributed by atoms with Gasteiger partial charge in [-0.15, -0.1) is 0 Å². The van der Waals surface area contributed by atoms with Crippen molar-refractivity contribution in [2.45, 2.75) is 57.8 Å². The minimum Gasteiger partial charge on any atom is -0.376 e. The SMILES string of the molecule is CC(C)n1cc(CNC2CCOC2C2CC2)cn1. The molecule has 2 atom stereocenters. The molecule has 1 saturated carbocycles. The highest BCUT2D eigenvalue weighted by Gasteiger charge is 2.40. The van der Waals surface area contributed by atoms with Gasteiger partial charge in [-0.1, -0.05) is 0 Å². The van der Waals surface area contributed by atoms with Gasteiger partial charge in [0.15, 0.2) is 0 Å². The van der Waals surface area contributed by atoms with Gasteiger partial charge in [-0.25, -0.2) is 0 Å². The summed E-state index contributed by atoms with van der Waals surface area (Å²) in [6.07, 6.45) is 8.43. The Hall–Kier alpha value is -0.870. The zero-order chi connectivity index (χ0) is 12.5. The van der Waals surface area contributed by atoms with Gasteiger partial charge in [0.25, 0.3) is 0 Å². The molecule has 1 aliphatic carbocycles. The summed E-state index contributed by atoms with van der Waals surface area (Å²) < 4.78 is 7.85. The molecule has 1 saturated heterocycles. The lowest BCUT2D eigenvalue weighted by atomic mass is 10.1. The van der Waals surface area contributed by atoms with E-state index in [0.29, 0.717) is 18.2 Å². The van der Waals surface area contributed by atoms with E-state index in [9.17, 15) is 0 Å². The van der Waals surface area contributed by atoms with Crippen LogP contribution in [0.15, 0.2) is 12.4 Å². The molecule has 0 bridgehead atoms. The first-order chi connectivity index (χ1) is 8.74. The van der Waals surface area contributed by atoms with Crippen LogP contribution in [0.2, 0.25) is 0 Å². The fourth-order valence-corrected chi connectivity index (χ4v) is 2.72. The maximum atomic E-state index is 5.84. The quantitative estimate of drug-likeness (QED) is 0.869. The fraction of sp³-hybridized carbons (Fsp3) is 0.786. The van der Waals surface area contributed by atoms with Crippen LogP contribution in [-0.2, 0) is 11.3 Å². The van der Waals surface area contributed by atoms with Crippen molar-refractivity contribution in [3.8, 4) is 0 Å². The van der Waals surface area contributed by atoms with Crippen LogP contribution >= 0.6 is 0 Å². The van der Waals surface area contributed by atoms with E-state index in [1.54, 1.807) is 0 Å². The predicted octanol–water partition coefficient (Wildman–Crippen LogP) is 2.12. The molecule has 0 aromatic carbocycles. The van der Waals surface area contributed by atoms with Crippen molar-refractivity contribution in [2.75, 3.05) is 6.61 Å². The van der Waals surface area contributed by atoms with Crippen molar-refractivity contribution in [2.24, 2.45) is 5.92 Å². The maximum Gasteiger partial charge on any atom is 0.0757 e. The Labute approximate surface area is 109 Å². The molecule has 0 amide bonds. The third-order valence-electron chi connectivity index (χ3n) is 3.97. The Kier molecular flexibility index (Phi) is 3.39. The number of rotatable bonds is 5. The normalized spacial score (nSPS) is 28.2. The topological polar surface area (TPSA) is 39.1 Å². The van der Waals surface area contributed by atoms with Crippen molar-refractivity contribution >= 4 is 0 Å². The number of ether oxygens (including phenoxy) is 1. The number of aromatic nitrogens is 2. The van der Waals surface area contributed by atoms with Crippen LogP contribution in [0.5, 0.6) is 0 Å². The largest absolute Gasteiger partial charge is 0.376 e. The van der Waals surface area contributed by atoms with E-state index in [-0.39, 0.29) is 0 Å². The Morgan fingerprint density at radius 2 is 2.28 bits per heavy atom. The van der Waals surface area contributed by atoms with Crippen LogP contribution in [0.1, 0.15) is 44.7 Å². The molecule has 18 heavy (non-hydrogen) atoms. The van der Waals surface area contributed by atoms with Gasteiger partial charge in [-0.2, -0.15) is 5.10 Å². The number of hydrogen-bond acceptors (Lipinski definition) is 3. The van der Waals surface area contributed by atoms with Crippen molar-refractivity contribution in [1.82, 2.24) is 15.1 Å². The van der Waals surface area contributed by atoms with Crippen LogP contribution in [0.4, 0.5) is 0 Å². The average molecular weight is 249 g/mol. The molecule has 2 aliphatic rings. The molecule has 1 aromatic heterocycles. The Morgan fingerprint density at radius 3 is 2.94 bits per heavy atom. The van der Waals surface area contributed by atoms with Gasteiger partial charge in [-0.3, -0.25) is 4.68 Å². The lowest BCUT2D eigenvalue weighted by molar-refractivity contribution is 0.0809. The van der Waals surface area contributed by atoms with Crippen molar-refractivity contribution in [3.63, 3.8) is 0 Å². The number of nitrogens with zero attached hydrogens (tertiary/aromatic N) is 2. The van der Waals surface area contributed by atoms with Gasteiger partial charge in [0.2, 0.25) is 0 Å². The van der Waals surface area contributed by atoms with Gasteiger partial charge in [-0.05, 0) is 39.0 Å². The van der Waals surface area contributed by atoms with Crippen LogP contribution in [0.3, 0.4) is 0 Å². The monoisotopic (exact) mass is 249 g/mol. The van der Waals surface area contributed by atoms with Gasteiger partial charge in [0.05, 0.1) is 12.3 Å². The van der Waals surface area contributed by atoms with Gasteiger partial charge in [0.1, 0.15) is 0 Å². The Balaban J connectivity index is 1.53. The molecule has 1 N–H and O–H groups in total. The van der Waals surface area contributed by atoms with E-state index in [2.05, 4.69) is 30.5 Å². The molecule has 0 radical (unpaired) electrons. The lowest BCUT2D eigenvalue weighted by Gasteiger charge is -2.19. The predicted molar refractivity (Wildman–Crippen MR) is 70.3 cm³/mol. The van der Waals surface area contributed by atoms with E-state index in [0.717, 1.165) is 25.5 Å². The van der Waals surface area contributed by atoms with Crippen molar-refractivity contribution < 1.29 is 4.74 Å². The second-order valence-electron chi connectivity index (χ2n) is 5.87. The minimum absolute atomic E-state index is 0.438. The van der Waals surface area contributed by atoms with Crippen LogP contribution in [0.25, 0.3) is 0 Å². The Morgan fingerprint density at radius 1 is 1.44 bits per heavy atom. The molecule has 2 unspecified atom stereocenters. The Bertz CT molecular complexity index is 397. The average Bonchev–Trinajstić information content (AvgIpc) is 2.92.